The Labute approximate surface area is 63.8 Å². The van der Waals surface area contributed by atoms with Crippen LogP contribution in [0.3, 0.4) is 0 Å². The molecule has 1 rings (SSSR count). The minimum absolute atomic E-state index is 0.678. The third-order valence-electron chi connectivity index (χ3n) is 1.02. The molecule has 1 aromatic heterocycles. The van der Waals surface area contributed by atoms with Crippen molar-refractivity contribution in [2.45, 2.75) is 5.16 Å². The molecule has 0 saturated carbocycles. The topological polar surface area (TPSA) is 56.7 Å². The molecule has 0 atom stereocenters. The lowest BCUT2D eigenvalue weighted by Crippen LogP contribution is -2.02. The molecule has 1 heterocycles. The summed E-state index contributed by atoms with van der Waals surface area (Å²) in [5.41, 5.74) is 5.32. The van der Waals surface area contributed by atoms with E-state index in [1.165, 1.54) is 0 Å². The van der Waals surface area contributed by atoms with Gasteiger partial charge >= 0.3 is 0 Å². The van der Waals surface area contributed by atoms with Gasteiger partial charge in [0.05, 0.1) is 0 Å². The zero-order chi connectivity index (χ0) is 7.40. The minimum Gasteiger partial charge on any atom is -0.330 e. The molecule has 0 aliphatic rings. The van der Waals surface area contributed by atoms with E-state index in [1.807, 2.05) is 7.05 Å². The first-order valence-electron chi connectivity index (χ1n) is 3.01. The van der Waals surface area contributed by atoms with E-state index in [0.29, 0.717) is 6.54 Å². The molecule has 0 fully saturated rings. The molecule has 0 aliphatic heterocycles. The molecule has 0 saturated heterocycles. The maximum absolute atomic E-state index is 5.32. The van der Waals surface area contributed by atoms with Crippen LogP contribution in [-0.2, 0) is 7.05 Å². The summed E-state index contributed by atoms with van der Waals surface area (Å²) in [6.45, 7) is 0.678. The monoisotopic (exact) mass is 158 g/mol. The van der Waals surface area contributed by atoms with Crippen molar-refractivity contribution in [3.63, 3.8) is 0 Å². The van der Waals surface area contributed by atoms with Crippen molar-refractivity contribution >= 4 is 11.8 Å². The van der Waals surface area contributed by atoms with Crippen molar-refractivity contribution in [3.8, 4) is 0 Å². The lowest BCUT2D eigenvalue weighted by molar-refractivity contribution is 0.685. The SMILES string of the molecule is Cn1ncnc1SCCN. The molecule has 0 radical (unpaired) electrons. The van der Waals surface area contributed by atoms with Gasteiger partial charge in [0, 0.05) is 19.3 Å². The largest absolute Gasteiger partial charge is 0.330 e. The summed E-state index contributed by atoms with van der Waals surface area (Å²) in [6, 6.07) is 0. The lowest BCUT2D eigenvalue weighted by atomic mass is 10.8. The first-order valence-corrected chi connectivity index (χ1v) is 4.00. The second-order valence-corrected chi connectivity index (χ2v) is 2.87. The third kappa shape index (κ3) is 1.71. The molecule has 10 heavy (non-hydrogen) atoms. The standard InChI is InChI=1S/C5H10N4S/c1-9-5(7-4-8-9)10-3-2-6/h4H,2-3,6H2,1H3. The Kier molecular flexibility index (Phi) is 2.70. The number of nitrogens with two attached hydrogens (primary N) is 1. The third-order valence-corrected chi connectivity index (χ3v) is 2.09. The molecular formula is C5H10N4S. The molecule has 0 spiro atoms. The molecule has 5 heteroatoms. The predicted octanol–water partition coefficient (Wildman–Crippen LogP) is -0.134. The van der Waals surface area contributed by atoms with Crippen molar-refractivity contribution < 1.29 is 0 Å². The Morgan fingerprint density at radius 1 is 1.80 bits per heavy atom. The fourth-order valence-electron chi connectivity index (χ4n) is 0.567. The van der Waals surface area contributed by atoms with Crippen LogP contribution in [0.2, 0.25) is 0 Å². The summed E-state index contributed by atoms with van der Waals surface area (Å²) in [4.78, 5) is 4.01. The van der Waals surface area contributed by atoms with Crippen LogP contribution in [0.5, 0.6) is 0 Å². The summed E-state index contributed by atoms with van der Waals surface area (Å²) in [5, 5.41) is 4.84. The minimum atomic E-state index is 0.678. The normalized spacial score (nSPS) is 10.2. The quantitative estimate of drug-likeness (QED) is 0.622. The Bertz CT molecular complexity index is 197. The van der Waals surface area contributed by atoms with Crippen LogP contribution in [0.1, 0.15) is 0 Å². The van der Waals surface area contributed by atoms with Crippen LogP contribution in [-0.4, -0.2) is 27.1 Å². The molecule has 0 bridgehead atoms. The Morgan fingerprint density at radius 3 is 3.10 bits per heavy atom. The van der Waals surface area contributed by atoms with Crippen molar-refractivity contribution in [1.29, 1.82) is 0 Å². The van der Waals surface area contributed by atoms with Crippen LogP contribution >= 0.6 is 11.8 Å². The number of rotatable bonds is 3. The Hall–Kier alpha value is -0.550. The van der Waals surface area contributed by atoms with Crippen LogP contribution < -0.4 is 5.73 Å². The van der Waals surface area contributed by atoms with Gasteiger partial charge in [0.15, 0.2) is 5.16 Å². The van der Waals surface area contributed by atoms with Crippen molar-refractivity contribution in [2.75, 3.05) is 12.3 Å². The van der Waals surface area contributed by atoms with Gasteiger partial charge in [0.25, 0.3) is 0 Å². The molecule has 2 N–H and O–H groups in total. The van der Waals surface area contributed by atoms with Crippen molar-refractivity contribution in [2.24, 2.45) is 12.8 Å². The molecule has 0 aliphatic carbocycles. The van der Waals surface area contributed by atoms with E-state index in [-0.39, 0.29) is 0 Å². The zero-order valence-electron chi connectivity index (χ0n) is 5.82. The highest BCUT2D eigenvalue weighted by Crippen LogP contribution is 2.10. The predicted molar refractivity (Wildman–Crippen MR) is 40.8 cm³/mol. The van der Waals surface area contributed by atoms with Gasteiger partial charge in [0.1, 0.15) is 6.33 Å². The highest BCUT2D eigenvalue weighted by molar-refractivity contribution is 7.99. The number of thioether (sulfide) groups is 1. The molecule has 1 aromatic rings. The fourth-order valence-corrected chi connectivity index (χ4v) is 1.22. The molecule has 0 amide bonds. The highest BCUT2D eigenvalue weighted by Gasteiger charge is 1.97. The average Bonchev–Trinajstić information content (AvgIpc) is 2.31. The smallest absolute Gasteiger partial charge is 0.185 e. The van der Waals surface area contributed by atoms with E-state index in [4.69, 9.17) is 5.73 Å². The fraction of sp³-hybridized carbons (Fsp3) is 0.600. The number of nitrogens with zero attached hydrogens (tertiary/aromatic N) is 3. The van der Waals surface area contributed by atoms with E-state index >= 15 is 0 Å². The summed E-state index contributed by atoms with van der Waals surface area (Å²) >= 11 is 1.62. The van der Waals surface area contributed by atoms with E-state index in [0.717, 1.165) is 10.9 Å². The van der Waals surface area contributed by atoms with Gasteiger partial charge in [-0.2, -0.15) is 5.10 Å². The Balaban J connectivity index is 2.49. The molecule has 4 nitrogen and oxygen atoms in total. The van der Waals surface area contributed by atoms with Crippen LogP contribution in [0.25, 0.3) is 0 Å². The summed E-state index contributed by atoms with van der Waals surface area (Å²) in [6.07, 6.45) is 1.54. The summed E-state index contributed by atoms with van der Waals surface area (Å²) < 4.78 is 1.74. The maximum Gasteiger partial charge on any atom is 0.185 e. The van der Waals surface area contributed by atoms with Crippen molar-refractivity contribution in [1.82, 2.24) is 14.8 Å². The summed E-state index contributed by atoms with van der Waals surface area (Å²) in [7, 11) is 1.87. The lowest BCUT2D eigenvalue weighted by Gasteiger charge is -1.95. The van der Waals surface area contributed by atoms with Gasteiger partial charge in [0.2, 0.25) is 0 Å². The van der Waals surface area contributed by atoms with Gasteiger partial charge in [-0.05, 0) is 0 Å². The second-order valence-electron chi connectivity index (χ2n) is 1.80. The van der Waals surface area contributed by atoms with Gasteiger partial charge in [-0.15, -0.1) is 0 Å². The van der Waals surface area contributed by atoms with E-state index in [2.05, 4.69) is 10.1 Å². The number of aryl methyl sites for hydroxylation is 1. The second kappa shape index (κ2) is 3.58. The molecule has 0 aromatic carbocycles. The van der Waals surface area contributed by atoms with Crippen LogP contribution in [0, 0.1) is 0 Å². The number of hydrogen-bond acceptors (Lipinski definition) is 4. The van der Waals surface area contributed by atoms with Crippen LogP contribution in [0.15, 0.2) is 11.5 Å². The van der Waals surface area contributed by atoms with Crippen LogP contribution in [0.4, 0.5) is 0 Å². The average molecular weight is 158 g/mol. The zero-order valence-corrected chi connectivity index (χ0v) is 6.64. The number of hydrogen-bond donors (Lipinski definition) is 1. The first kappa shape index (κ1) is 7.56. The molecule has 0 unspecified atom stereocenters. The first-order chi connectivity index (χ1) is 4.84. The van der Waals surface area contributed by atoms with E-state index < -0.39 is 0 Å². The maximum atomic E-state index is 5.32. The highest BCUT2D eigenvalue weighted by atomic mass is 32.2. The van der Waals surface area contributed by atoms with Gasteiger partial charge in [-0.25, -0.2) is 9.67 Å². The van der Waals surface area contributed by atoms with Gasteiger partial charge < -0.3 is 5.73 Å². The Morgan fingerprint density at radius 2 is 2.60 bits per heavy atom. The number of aromatic nitrogens is 3. The molecule has 56 valence electrons. The van der Waals surface area contributed by atoms with E-state index in [9.17, 15) is 0 Å². The summed E-state index contributed by atoms with van der Waals surface area (Å²) in [5.74, 6) is 0.895. The van der Waals surface area contributed by atoms with Gasteiger partial charge in [-0.1, -0.05) is 11.8 Å². The van der Waals surface area contributed by atoms with Crippen molar-refractivity contribution in [3.05, 3.63) is 6.33 Å². The van der Waals surface area contributed by atoms with E-state index in [1.54, 1.807) is 22.8 Å². The molecular weight excluding hydrogens is 148 g/mol. The van der Waals surface area contributed by atoms with Gasteiger partial charge in [-0.3, -0.25) is 0 Å².